The summed E-state index contributed by atoms with van der Waals surface area (Å²) in [4.78, 5) is 4.03. The smallest absolute Gasteiger partial charge is 0.142 e. The van der Waals surface area contributed by atoms with Crippen molar-refractivity contribution in [2.75, 3.05) is 0 Å². The summed E-state index contributed by atoms with van der Waals surface area (Å²) >= 11 is 0. The standard InChI is InChI=1S/C11H8N2O/c1-7-4-9-8(6-12)2-3-13-11(9)10(14)5-7/h2-5,14H,1H3. The molecule has 0 unspecified atom stereocenters. The minimum atomic E-state index is 0.122. The van der Waals surface area contributed by atoms with Crippen LogP contribution < -0.4 is 0 Å². The second-order valence-corrected chi connectivity index (χ2v) is 3.15. The molecule has 0 saturated heterocycles. The van der Waals surface area contributed by atoms with Crippen LogP contribution >= 0.6 is 0 Å². The lowest BCUT2D eigenvalue weighted by Gasteiger charge is -2.02. The Bertz CT molecular complexity index is 541. The van der Waals surface area contributed by atoms with Crippen molar-refractivity contribution < 1.29 is 5.11 Å². The molecule has 1 aromatic carbocycles. The minimum Gasteiger partial charge on any atom is -0.506 e. The average Bonchev–Trinajstić information content (AvgIpc) is 2.17. The van der Waals surface area contributed by atoms with Gasteiger partial charge in [0.05, 0.1) is 11.6 Å². The number of nitrogens with zero attached hydrogens (tertiary/aromatic N) is 2. The molecular weight excluding hydrogens is 176 g/mol. The van der Waals surface area contributed by atoms with Crippen LogP contribution in [0, 0.1) is 18.3 Å². The van der Waals surface area contributed by atoms with Gasteiger partial charge in [-0.2, -0.15) is 5.26 Å². The van der Waals surface area contributed by atoms with Crippen LogP contribution in [0.15, 0.2) is 24.4 Å². The van der Waals surface area contributed by atoms with Crippen molar-refractivity contribution in [1.82, 2.24) is 4.98 Å². The number of aromatic hydroxyl groups is 1. The summed E-state index contributed by atoms with van der Waals surface area (Å²) in [7, 11) is 0. The molecule has 0 atom stereocenters. The minimum absolute atomic E-state index is 0.122. The summed E-state index contributed by atoms with van der Waals surface area (Å²) in [6, 6.07) is 7.20. The topological polar surface area (TPSA) is 56.9 Å². The van der Waals surface area contributed by atoms with Crippen molar-refractivity contribution in [2.24, 2.45) is 0 Å². The third-order valence-electron chi connectivity index (χ3n) is 2.09. The summed E-state index contributed by atoms with van der Waals surface area (Å²) in [6.45, 7) is 1.87. The van der Waals surface area contributed by atoms with Gasteiger partial charge in [0.25, 0.3) is 0 Å². The number of aromatic nitrogens is 1. The van der Waals surface area contributed by atoms with Crippen LogP contribution in [-0.2, 0) is 0 Å². The van der Waals surface area contributed by atoms with Crippen molar-refractivity contribution in [3.63, 3.8) is 0 Å². The predicted molar refractivity (Wildman–Crippen MR) is 52.9 cm³/mol. The largest absolute Gasteiger partial charge is 0.506 e. The van der Waals surface area contributed by atoms with Crippen molar-refractivity contribution in [3.8, 4) is 11.8 Å². The molecule has 0 fully saturated rings. The highest BCUT2D eigenvalue weighted by Gasteiger charge is 2.05. The lowest BCUT2D eigenvalue weighted by Crippen LogP contribution is -1.85. The SMILES string of the molecule is Cc1cc(O)c2nccc(C#N)c2c1. The molecule has 0 aliphatic carbocycles. The highest BCUT2D eigenvalue weighted by atomic mass is 16.3. The van der Waals surface area contributed by atoms with Crippen LogP contribution in [0.25, 0.3) is 10.9 Å². The van der Waals surface area contributed by atoms with E-state index in [1.54, 1.807) is 12.1 Å². The molecule has 14 heavy (non-hydrogen) atoms. The number of hydrogen-bond donors (Lipinski definition) is 1. The van der Waals surface area contributed by atoms with E-state index in [1.807, 2.05) is 13.0 Å². The normalized spacial score (nSPS) is 10.0. The van der Waals surface area contributed by atoms with Gasteiger partial charge in [-0.25, -0.2) is 0 Å². The molecule has 1 aromatic heterocycles. The summed E-state index contributed by atoms with van der Waals surface area (Å²) in [5, 5.41) is 19.2. The number of hydrogen-bond acceptors (Lipinski definition) is 3. The van der Waals surface area contributed by atoms with Gasteiger partial charge in [0, 0.05) is 11.6 Å². The van der Waals surface area contributed by atoms with Crippen LogP contribution in [0.5, 0.6) is 5.75 Å². The van der Waals surface area contributed by atoms with Gasteiger partial charge in [-0.3, -0.25) is 4.98 Å². The zero-order valence-corrected chi connectivity index (χ0v) is 7.65. The summed E-state index contributed by atoms with van der Waals surface area (Å²) in [5.74, 6) is 0.122. The van der Waals surface area contributed by atoms with E-state index in [-0.39, 0.29) is 5.75 Å². The van der Waals surface area contributed by atoms with Gasteiger partial charge in [0.2, 0.25) is 0 Å². The number of aryl methyl sites for hydroxylation is 1. The van der Waals surface area contributed by atoms with E-state index in [0.29, 0.717) is 16.5 Å². The molecule has 3 nitrogen and oxygen atoms in total. The first-order chi connectivity index (χ1) is 6.72. The molecule has 0 radical (unpaired) electrons. The first-order valence-electron chi connectivity index (χ1n) is 4.21. The second-order valence-electron chi connectivity index (χ2n) is 3.15. The molecule has 0 aliphatic heterocycles. The van der Waals surface area contributed by atoms with E-state index in [0.717, 1.165) is 5.56 Å². The number of nitriles is 1. The number of benzene rings is 1. The molecule has 3 heteroatoms. The highest BCUT2D eigenvalue weighted by molar-refractivity contribution is 5.89. The van der Waals surface area contributed by atoms with Gasteiger partial charge >= 0.3 is 0 Å². The van der Waals surface area contributed by atoms with Gasteiger partial charge in [-0.1, -0.05) is 0 Å². The van der Waals surface area contributed by atoms with E-state index in [1.165, 1.54) is 6.20 Å². The Morgan fingerprint density at radius 1 is 1.43 bits per heavy atom. The first-order valence-corrected chi connectivity index (χ1v) is 4.21. The van der Waals surface area contributed by atoms with E-state index in [2.05, 4.69) is 11.1 Å². The molecule has 0 amide bonds. The molecule has 2 rings (SSSR count). The summed E-state index contributed by atoms with van der Waals surface area (Å²) in [5.41, 5.74) is 1.93. The van der Waals surface area contributed by atoms with Crippen molar-refractivity contribution in [3.05, 3.63) is 35.5 Å². The van der Waals surface area contributed by atoms with Gasteiger partial charge in [-0.05, 0) is 30.7 Å². The van der Waals surface area contributed by atoms with Crippen LogP contribution in [0.3, 0.4) is 0 Å². The molecule has 0 bridgehead atoms. The molecule has 1 N–H and O–H groups in total. The Morgan fingerprint density at radius 3 is 2.93 bits per heavy atom. The molecule has 0 spiro atoms. The van der Waals surface area contributed by atoms with Crippen LogP contribution in [0.2, 0.25) is 0 Å². The molecule has 1 heterocycles. The molecule has 0 saturated carbocycles. The number of pyridine rings is 1. The highest BCUT2D eigenvalue weighted by Crippen LogP contribution is 2.26. The molecule has 68 valence electrons. The quantitative estimate of drug-likeness (QED) is 0.682. The fraction of sp³-hybridized carbons (Fsp3) is 0.0909. The maximum Gasteiger partial charge on any atom is 0.142 e. The maximum atomic E-state index is 9.60. The predicted octanol–water partition coefficient (Wildman–Crippen LogP) is 2.12. The van der Waals surface area contributed by atoms with Crippen molar-refractivity contribution >= 4 is 10.9 Å². The van der Waals surface area contributed by atoms with Crippen molar-refractivity contribution in [2.45, 2.75) is 6.92 Å². The molecule has 2 aromatic rings. The number of phenolic OH excluding ortho intramolecular Hbond substituents is 1. The van der Waals surface area contributed by atoms with E-state index >= 15 is 0 Å². The molecular formula is C11H8N2O. The zero-order valence-electron chi connectivity index (χ0n) is 7.65. The second kappa shape index (κ2) is 3.00. The lowest BCUT2D eigenvalue weighted by molar-refractivity contribution is 0.480. The fourth-order valence-electron chi connectivity index (χ4n) is 1.47. The van der Waals surface area contributed by atoms with Gasteiger partial charge in [0.15, 0.2) is 0 Å². The van der Waals surface area contributed by atoms with Crippen LogP contribution in [-0.4, -0.2) is 10.1 Å². The third-order valence-corrected chi connectivity index (χ3v) is 2.09. The Balaban J connectivity index is 2.95. The summed E-state index contributed by atoms with van der Waals surface area (Å²) in [6.07, 6.45) is 1.52. The zero-order chi connectivity index (χ0) is 10.1. The first kappa shape index (κ1) is 8.52. The lowest BCUT2D eigenvalue weighted by atomic mass is 10.1. The van der Waals surface area contributed by atoms with Crippen LogP contribution in [0.4, 0.5) is 0 Å². The number of rotatable bonds is 0. The Kier molecular flexibility index (Phi) is 1.83. The van der Waals surface area contributed by atoms with Gasteiger partial charge < -0.3 is 5.11 Å². The van der Waals surface area contributed by atoms with Crippen LogP contribution in [0.1, 0.15) is 11.1 Å². The van der Waals surface area contributed by atoms with E-state index in [9.17, 15) is 5.11 Å². The maximum absolute atomic E-state index is 9.60. The fourth-order valence-corrected chi connectivity index (χ4v) is 1.47. The Hall–Kier alpha value is -2.08. The summed E-state index contributed by atoms with van der Waals surface area (Å²) < 4.78 is 0. The van der Waals surface area contributed by atoms with E-state index < -0.39 is 0 Å². The van der Waals surface area contributed by atoms with E-state index in [4.69, 9.17) is 5.26 Å². The molecule has 0 aliphatic rings. The van der Waals surface area contributed by atoms with Gasteiger partial charge in [0.1, 0.15) is 11.3 Å². The third kappa shape index (κ3) is 1.17. The number of phenols is 1. The van der Waals surface area contributed by atoms with Crippen molar-refractivity contribution in [1.29, 1.82) is 5.26 Å². The average molecular weight is 184 g/mol. The monoisotopic (exact) mass is 184 g/mol. The Morgan fingerprint density at radius 2 is 2.21 bits per heavy atom. The van der Waals surface area contributed by atoms with Gasteiger partial charge in [-0.15, -0.1) is 0 Å². The Labute approximate surface area is 81.2 Å². The number of fused-ring (bicyclic) bond motifs is 1.